The Balaban J connectivity index is 2.11. The van der Waals surface area contributed by atoms with E-state index in [-0.39, 0.29) is 6.04 Å². The number of hydrogen-bond acceptors (Lipinski definition) is 3. The molecule has 3 heteroatoms. The molecular weight excluding hydrogens is 238 g/mol. The Hall–Kier alpha value is -1.22. The summed E-state index contributed by atoms with van der Waals surface area (Å²) in [6, 6.07) is 6.00. The molecule has 0 spiro atoms. The van der Waals surface area contributed by atoms with Gasteiger partial charge < -0.3 is 15.2 Å². The van der Waals surface area contributed by atoms with Crippen LogP contribution in [0.25, 0.3) is 0 Å². The van der Waals surface area contributed by atoms with Crippen LogP contribution in [-0.2, 0) is 0 Å². The van der Waals surface area contributed by atoms with Crippen molar-refractivity contribution < 1.29 is 9.47 Å². The van der Waals surface area contributed by atoms with Crippen molar-refractivity contribution in [3.63, 3.8) is 0 Å². The predicted molar refractivity (Wildman–Crippen MR) is 77.6 cm³/mol. The number of methoxy groups -OCH3 is 1. The Bertz CT molecular complexity index is 417. The highest BCUT2D eigenvalue weighted by Gasteiger charge is 2.21. The summed E-state index contributed by atoms with van der Waals surface area (Å²) in [6.45, 7) is 4.27. The maximum absolute atomic E-state index is 6.12. The van der Waals surface area contributed by atoms with Crippen LogP contribution < -0.4 is 15.2 Å². The number of benzene rings is 1. The lowest BCUT2D eigenvalue weighted by molar-refractivity contribution is 0.125. The van der Waals surface area contributed by atoms with Gasteiger partial charge in [-0.2, -0.15) is 0 Å². The maximum atomic E-state index is 6.12. The molecule has 0 saturated heterocycles. The first-order valence-corrected chi connectivity index (χ1v) is 7.20. The lowest BCUT2D eigenvalue weighted by Gasteiger charge is -2.28. The second kappa shape index (κ2) is 6.29. The van der Waals surface area contributed by atoms with Crippen LogP contribution in [0.4, 0.5) is 0 Å². The molecule has 2 unspecified atom stereocenters. The van der Waals surface area contributed by atoms with Gasteiger partial charge in [0, 0.05) is 6.04 Å². The summed E-state index contributed by atoms with van der Waals surface area (Å²) >= 11 is 0. The lowest BCUT2D eigenvalue weighted by atomic mass is 9.89. The second-order valence-corrected chi connectivity index (χ2v) is 5.71. The van der Waals surface area contributed by atoms with Crippen LogP contribution in [0.3, 0.4) is 0 Å². The van der Waals surface area contributed by atoms with E-state index in [1.165, 1.54) is 12.8 Å². The highest BCUT2D eigenvalue weighted by atomic mass is 16.5. The van der Waals surface area contributed by atoms with Crippen LogP contribution in [0.2, 0.25) is 0 Å². The van der Waals surface area contributed by atoms with Crippen molar-refractivity contribution >= 4 is 0 Å². The molecule has 0 radical (unpaired) electrons. The van der Waals surface area contributed by atoms with E-state index in [9.17, 15) is 0 Å². The molecule has 1 aliphatic carbocycles. The summed E-state index contributed by atoms with van der Waals surface area (Å²) in [7, 11) is 1.68. The molecule has 1 saturated carbocycles. The molecule has 106 valence electrons. The van der Waals surface area contributed by atoms with Crippen LogP contribution in [0, 0.1) is 5.92 Å². The zero-order valence-corrected chi connectivity index (χ0v) is 12.2. The van der Waals surface area contributed by atoms with E-state index in [4.69, 9.17) is 15.2 Å². The average molecular weight is 263 g/mol. The molecular formula is C16H25NO2. The van der Waals surface area contributed by atoms with Gasteiger partial charge in [0.1, 0.15) is 0 Å². The zero-order valence-electron chi connectivity index (χ0n) is 12.2. The first-order valence-electron chi connectivity index (χ1n) is 7.20. The van der Waals surface area contributed by atoms with Crippen LogP contribution in [-0.4, -0.2) is 13.2 Å². The van der Waals surface area contributed by atoms with Gasteiger partial charge in [-0.1, -0.05) is 19.4 Å². The van der Waals surface area contributed by atoms with Crippen molar-refractivity contribution in [3.05, 3.63) is 23.8 Å². The van der Waals surface area contributed by atoms with Gasteiger partial charge in [0.2, 0.25) is 0 Å². The van der Waals surface area contributed by atoms with Gasteiger partial charge in [0.15, 0.2) is 11.5 Å². The summed E-state index contributed by atoms with van der Waals surface area (Å²) in [5.41, 5.74) is 6.96. The predicted octanol–water partition coefficient (Wildman–Crippen LogP) is 3.67. The van der Waals surface area contributed by atoms with Gasteiger partial charge in [-0.3, -0.25) is 0 Å². The van der Waals surface area contributed by atoms with E-state index in [1.54, 1.807) is 7.11 Å². The van der Waals surface area contributed by atoms with Crippen LogP contribution in [0.5, 0.6) is 11.5 Å². The molecule has 19 heavy (non-hydrogen) atoms. The van der Waals surface area contributed by atoms with Crippen molar-refractivity contribution in [1.82, 2.24) is 0 Å². The highest BCUT2D eigenvalue weighted by Crippen LogP contribution is 2.34. The van der Waals surface area contributed by atoms with Crippen molar-refractivity contribution in [2.24, 2.45) is 11.7 Å². The fraction of sp³-hybridized carbons (Fsp3) is 0.625. The lowest BCUT2D eigenvalue weighted by Crippen LogP contribution is -2.24. The van der Waals surface area contributed by atoms with Gasteiger partial charge in [-0.05, 0) is 49.8 Å². The Morgan fingerprint density at radius 3 is 2.68 bits per heavy atom. The Labute approximate surface area is 116 Å². The summed E-state index contributed by atoms with van der Waals surface area (Å²) in [4.78, 5) is 0. The van der Waals surface area contributed by atoms with E-state index >= 15 is 0 Å². The molecule has 1 aromatic rings. The van der Waals surface area contributed by atoms with Crippen molar-refractivity contribution in [1.29, 1.82) is 0 Å². The van der Waals surface area contributed by atoms with E-state index in [1.807, 2.05) is 25.1 Å². The Morgan fingerprint density at radius 1 is 1.26 bits per heavy atom. The molecule has 0 heterocycles. The fourth-order valence-electron chi connectivity index (χ4n) is 2.73. The molecule has 1 aromatic carbocycles. The largest absolute Gasteiger partial charge is 0.493 e. The van der Waals surface area contributed by atoms with Crippen LogP contribution >= 0.6 is 0 Å². The third-order valence-electron chi connectivity index (χ3n) is 3.90. The summed E-state index contributed by atoms with van der Waals surface area (Å²) < 4.78 is 11.5. The van der Waals surface area contributed by atoms with Crippen LogP contribution in [0.15, 0.2) is 18.2 Å². The van der Waals surface area contributed by atoms with Crippen molar-refractivity contribution in [2.75, 3.05) is 7.11 Å². The van der Waals surface area contributed by atoms with Crippen molar-refractivity contribution in [3.8, 4) is 11.5 Å². The average Bonchev–Trinajstić information content (AvgIpc) is 2.39. The molecule has 2 rings (SSSR count). The van der Waals surface area contributed by atoms with E-state index in [0.29, 0.717) is 6.10 Å². The molecule has 1 aliphatic rings. The first kappa shape index (κ1) is 14.2. The van der Waals surface area contributed by atoms with Crippen LogP contribution in [0.1, 0.15) is 51.1 Å². The third-order valence-corrected chi connectivity index (χ3v) is 3.90. The number of nitrogens with two attached hydrogens (primary N) is 1. The first-order chi connectivity index (χ1) is 9.10. The SMILES string of the molecule is COc1cc([C@H](C)N)ccc1OC1CCCC(C)C1. The van der Waals surface area contributed by atoms with E-state index < -0.39 is 0 Å². The molecule has 0 aromatic heterocycles. The number of rotatable bonds is 4. The smallest absolute Gasteiger partial charge is 0.161 e. The van der Waals surface area contributed by atoms with E-state index in [0.717, 1.165) is 35.8 Å². The Morgan fingerprint density at radius 2 is 2.05 bits per heavy atom. The quantitative estimate of drug-likeness (QED) is 0.901. The third kappa shape index (κ3) is 3.63. The minimum Gasteiger partial charge on any atom is -0.493 e. The van der Waals surface area contributed by atoms with Gasteiger partial charge in [0.05, 0.1) is 13.2 Å². The van der Waals surface area contributed by atoms with Crippen molar-refractivity contribution in [2.45, 2.75) is 51.7 Å². The standard InChI is InChI=1S/C16H25NO2/c1-11-5-4-6-14(9-11)19-15-8-7-13(12(2)17)10-16(15)18-3/h7-8,10-12,14H,4-6,9,17H2,1-3H3/t11?,12-,14?/m0/s1. The number of hydrogen-bond donors (Lipinski definition) is 1. The molecule has 2 N–H and O–H groups in total. The second-order valence-electron chi connectivity index (χ2n) is 5.71. The normalized spacial score (nSPS) is 24.8. The summed E-state index contributed by atoms with van der Waals surface area (Å²) in [5, 5.41) is 0. The molecule has 3 atom stereocenters. The zero-order chi connectivity index (χ0) is 13.8. The fourth-order valence-corrected chi connectivity index (χ4v) is 2.73. The summed E-state index contributed by atoms with van der Waals surface area (Å²) in [6.07, 6.45) is 5.17. The summed E-state index contributed by atoms with van der Waals surface area (Å²) in [5.74, 6) is 2.38. The molecule has 0 aliphatic heterocycles. The van der Waals surface area contributed by atoms with Gasteiger partial charge >= 0.3 is 0 Å². The molecule has 0 bridgehead atoms. The molecule has 0 amide bonds. The number of ether oxygens (including phenoxy) is 2. The molecule has 1 fully saturated rings. The van der Waals surface area contributed by atoms with Gasteiger partial charge in [-0.25, -0.2) is 0 Å². The minimum atomic E-state index is 0.0117. The monoisotopic (exact) mass is 263 g/mol. The van der Waals surface area contributed by atoms with Gasteiger partial charge in [0.25, 0.3) is 0 Å². The Kier molecular flexibility index (Phi) is 4.70. The minimum absolute atomic E-state index is 0.0117. The van der Waals surface area contributed by atoms with E-state index in [2.05, 4.69) is 6.92 Å². The highest BCUT2D eigenvalue weighted by molar-refractivity contribution is 5.43. The topological polar surface area (TPSA) is 44.5 Å². The molecule has 3 nitrogen and oxygen atoms in total. The van der Waals surface area contributed by atoms with Gasteiger partial charge in [-0.15, -0.1) is 0 Å². The maximum Gasteiger partial charge on any atom is 0.161 e.